The van der Waals surface area contributed by atoms with E-state index in [1.54, 1.807) is 0 Å². The van der Waals surface area contributed by atoms with Crippen LogP contribution in [0.5, 0.6) is 5.75 Å². The van der Waals surface area contributed by atoms with Gasteiger partial charge in [0.1, 0.15) is 0 Å². The second kappa shape index (κ2) is 7.32. The minimum absolute atomic E-state index is 0.320. The van der Waals surface area contributed by atoms with Gasteiger partial charge in [0.15, 0.2) is 5.75 Å². The molecule has 0 aliphatic carbocycles. The SMILES string of the molecule is CCN(CC)c1ccc(C#Cc2ccc([N+](=O)[O-])c(O)c2)cc1. The molecule has 1 N–H and O–H groups in total. The maximum Gasteiger partial charge on any atom is 0.310 e. The first-order chi connectivity index (χ1) is 11.0. The van der Waals surface area contributed by atoms with Crippen molar-refractivity contribution < 1.29 is 10.0 Å². The van der Waals surface area contributed by atoms with Crippen molar-refractivity contribution >= 4 is 11.4 Å². The van der Waals surface area contributed by atoms with E-state index in [0.29, 0.717) is 5.56 Å². The van der Waals surface area contributed by atoms with Crippen LogP contribution in [0.15, 0.2) is 42.5 Å². The van der Waals surface area contributed by atoms with Crippen LogP contribution in [0.2, 0.25) is 0 Å². The highest BCUT2D eigenvalue weighted by Gasteiger charge is 2.11. The Labute approximate surface area is 135 Å². The number of rotatable bonds is 4. The molecule has 5 heteroatoms. The highest BCUT2D eigenvalue weighted by Crippen LogP contribution is 2.25. The molecule has 2 aromatic rings. The maximum absolute atomic E-state index is 10.7. The van der Waals surface area contributed by atoms with Gasteiger partial charge in [-0.15, -0.1) is 0 Å². The van der Waals surface area contributed by atoms with Crippen molar-refractivity contribution in [2.75, 3.05) is 18.0 Å². The second-order valence-corrected chi connectivity index (χ2v) is 4.93. The van der Waals surface area contributed by atoms with Gasteiger partial charge in [-0.1, -0.05) is 11.8 Å². The number of nitro groups is 1. The molecular formula is C18H18N2O3. The first-order valence-corrected chi connectivity index (χ1v) is 7.39. The summed E-state index contributed by atoms with van der Waals surface area (Å²) in [6, 6.07) is 12.0. The molecule has 0 heterocycles. The van der Waals surface area contributed by atoms with Gasteiger partial charge >= 0.3 is 5.69 Å². The fraction of sp³-hybridized carbons (Fsp3) is 0.222. The third-order valence-electron chi connectivity index (χ3n) is 3.52. The Bertz CT molecular complexity index is 754. The average molecular weight is 310 g/mol. The normalized spacial score (nSPS) is 9.83. The summed E-state index contributed by atoms with van der Waals surface area (Å²) in [5.41, 5.74) is 2.20. The summed E-state index contributed by atoms with van der Waals surface area (Å²) in [7, 11) is 0. The van der Waals surface area contributed by atoms with E-state index in [9.17, 15) is 15.2 Å². The molecule has 0 saturated heterocycles. The van der Waals surface area contributed by atoms with E-state index >= 15 is 0 Å². The number of hydrogen-bond acceptors (Lipinski definition) is 4. The summed E-state index contributed by atoms with van der Waals surface area (Å²) >= 11 is 0. The summed E-state index contributed by atoms with van der Waals surface area (Å²) in [6.45, 7) is 6.11. The van der Waals surface area contributed by atoms with Crippen molar-refractivity contribution in [2.45, 2.75) is 13.8 Å². The zero-order chi connectivity index (χ0) is 16.8. The first kappa shape index (κ1) is 16.4. The Morgan fingerprint density at radius 3 is 2.13 bits per heavy atom. The van der Waals surface area contributed by atoms with Crippen molar-refractivity contribution in [1.82, 2.24) is 0 Å². The van der Waals surface area contributed by atoms with Gasteiger partial charge in [-0.3, -0.25) is 10.1 Å². The Morgan fingerprint density at radius 1 is 1.04 bits per heavy atom. The summed E-state index contributed by atoms with van der Waals surface area (Å²) < 4.78 is 0. The van der Waals surface area contributed by atoms with Crippen LogP contribution in [0.1, 0.15) is 25.0 Å². The van der Waals surface area contributed by atoms with Gasteiger partial charge in [0.05, 0.1) is 4.92 Å². The molecule has 23 heavy (non-hydrogen) atoms. The zero-order valence-corrected chi connectivity index (χ0v) is 13.1. The van der Waals surface area contributed by atoms with E-state index < -0.39 is 4.92 Å². The van der Waals surface area contributed by atoms with Crippen molar-refractivity contribution in [3.8, 4) is 17.6 Å². The molecule has 0 aliphatic heterocycles. The van der Waals surface area contributed by atoms with Crippen LogP contribution in [-0.4, -0.2) is 23.1 Å². The lowest BCUT2D eigenvalue weighted by Gasteiger charge is -2.20. The fourth-order valence-corrected chi connectivity index (χ4v) is 2.24. The largest absolute Gasteiger partial charge is 0.502 e. The van der Waals surface area contributed by atoms with Crippen molar-refractivity contribution in [2.24, 2.45) is 0 Å². The summed E-state index contributed by atoms with van der Waals surface area (Å²) in [6.07, 6.45) is 0. The summed E-state index contributed by atoms with van der Waals surface area (Å²) in [5, 5.41) is 20.3. The number of nitrogens with zero attached hydrogens (tertiary/aromatic N) is 2. The molecule has 118 valence electrons. The van der Waals surface area contributed by atoms with E-state index in [4.69, 9.17) is 0 Å². The molecule has 0 radical (unpaired) electrons. The fourth-order valence-electron chi connectivity index (χ4n) is 2.24. The topological polar surface area (TPSA) is 66.6 Å². The third kappa shape index (κ3) is 4.01. The molecule has 0 aromatic heterocycles. The van der Waals surface area contributed by atoms with E-state index in [-0.39, 0.29) is 11.4 Å². The molecule has 0 saturated carbocycles. The zero-order valence-electron chi connectivity index (χ0n) is 13.1. The van der Waals surface area contributed by atoms with E-state index in [0.717, 1.165) is 24.3 Å². The molecule has 0 aliphatic rings. The number of anilines is 1. The molecule has 0 amide bonds. The van der Waals surface area contributed by atoms with Crippen molar-refractivity contribution in [1.29, 1.82) is 0 Å². The lowest BCUT2D eigenvalue weighted by atomic mass is 10.1. The van der Waals surface area contributed by atoms with Crippen LogP contribution >= 0.6 is 0 Å². The lowest BCUT2D eigenvalue weighted by Crippen LogP contribution is -2.21. The Balaban J connectivity index is 2.19. The van der Waals surface area contributed by atoms with Crippen molar-refractivity contribution in [3.63, 3.8) is 0 Å². The van der Waals surface area contributed by atoms with Crippen LogP contribution in [-0.2, 0) is 0 Å². The van der Waals surface area contributed by atoms with Gasteiger partial charge < -0.3 is 10.0 Å². The number of aromatic hydroxyl groups is 1. The van der Waals surface area contributed by atoms with Crippen LogP contribution in [0.3, 0.4) is 0 Å². The summed E-state index contributed by atoms with van der Waals surface area (Å²) in [4.78, 5) is 12.3. The van der Waals surface area contributed by atoms with Crippen LogP contribution in [0, 0.1) is 22.0 Å². The number of hydrogen-bond donors (Lipinski definition) is 1. The van der Waals surface area contributed by atoms with Gasteiger partial charge in [-0.25, -0.2) is 0 Å². The van der Waals surface area contributed by atoms with E-state index in [1.165, 1.54) is 18.2 Å². The molecule has 0 atom stereocenters. The van der Waals surface area contributed by atoms with Gasteiger partial charge in [0, 0.05) is 42.0 Å². The first-order valence-electron chi connectivity index (χ1n) is 7.39. The van der Waals surface area contributed by atoms with Gasteiger partial charge in [0.25, 0.3) is 0 Å². The highest BCUT2D eigenvalue weighted by molar-refractivity contribution is 5.54. The van der Waals surface area contributed by atoms with Crippen LogP contribution in [0.25, 0.3) is 0 Å². The molecule has 0 unspecified atom stereocenters. The van der Waals surface area contributed by atoms with Gasteiger partial charge in [-0.05, 0) is 44.2 Å². The number of phenolic OH excluding ortho intramolecular Hbond substituents is 1. The highest BCUT2D eigenvalue weighted by atomic mass is 16.6. The monoisotopic (exact) mass is 310 g/mol. The second-order valence-electron chi connectivity index (χ2n) is 4.93. The molecular weight excluding hydrogens is 292 g/mol. The predicted octanol–water partition coefficient (Wildman–Crippen LogP) is 3.55. The number of benzene rings is 2. The third-order valence-corrected chi connectivity index (χ3v) is 3.52. The Morgan fingerprint density at radius 2 is 1.61 bits per heavy atom. The minimum atomic E-state index is -0.627. The standard InChI is InChI=1S/C18H18N2O3/c1-3-19(4-2)16-10-7-14(8-11-16)5-6-15-9-12-17(20(22)23)18(21)13-15/h7-13,21H,3-4H2,1-2H3. The quantitative estimate of drug-likeness (QED) is 0.533. The Hall–Kier alpha value is -3.00. The molecule has 2 rings (SSSR count). The van der Waals surface area contributed by atoms with E-state index in [2.05, 4.69) is 30.6 Å². The van der Waals surface area contributed by atoms with E-state index in [1.807, 2.05) is 24.3 Å². The van der Waals surface area contributed by atoms with Crippen LogP contribution in [0.4, 0.5) is 11.4 Å². The van der Waals surface area contributed by atoms with Crippen molar-refractivity contribution in [3.05, 3.63) is 63.7 Å². The summed E-state index contributed by atoms with van der Waals surface area (Å²) in [5.74, 6) is 5.51. The smallest absolute Gasteiger partial charge is 0.310 e. The lowest BCUT2D eigenvalue weighted by molar-refractivity contribution is -0.385. The average Bonchev–Trinajstić information content (AvgIpc) is 2.55. The maximum atomic E-state index is 10.7. The minimum Gasteiger partial charge on any atom is -0.502 e. The van der Waals surface area contributed by atoms with Crippen LogP contribution < -0.4 is 4.90 Å². The molecule has 0 fully saturated rings. The Kier molecular flexibility index (Phi) is 5.21. The predicted molar refractivity (Wildman–Crippen MR) is 90.7 cm³/mol. The molecule has 0 spiro atoms. The number of nitro benzene ring substituents is 1. The van der Waals surface area contributed by atoms with Gasteiger partial charge in [0.2, 0.25) is 0 Å². The molecule has 2 aromatic carbocycles. The molecule has 0 bridgehead atoms. The molecule has 5 nitrogen and oxygen atoms in total. The van der Waals surface area contributed by atoms with Gasteiger partial charge in [-0.2, -0.15) is 0 Å². The number of phenols is 1.